The lowest BCUT2D eigenvalue weighted by atomic mass is 10.0. The Hall–Kier alpha value is -2.06. The molecule has 0 atom stereocenters. The summed E-state index contributed by atoms with van der Waals surface area (Å²) in [6.45, 7) is 2.96. The van der Waals surface area contributed by atoms with Gasteiger partial charge in [0, 0.05) is 12.7 Å². The Morgan fingerprint density at radius 3 is 2.00 bits per heavy atom. The molecule has 4 heteroatoms. The highest BCUT2D eigenvalue weighted by atomic mass is 127. The molecule has 4 aromatic carbocycles. The highest BCUT2D eigenvalue weighted by Gasteiger charge is 2.09. The van der Waals surface area contributed by atoms with E-state index >= 15 is 0 Å². The van der Waals surface area contributed by atoms with E-state index in [0.29, 0.717) is 0 Å². The maximum atomic E-state index is 5.91. The number of ether oxygens (including phenoxy) is 2. The molecule has 2 nitrogen and oxygen atoms in total. The van der Waals surface area contributed by atoms with Crippen LogP contribution in [-0.2, 0) is 0 Å². The first-order valence-electron chi connectivity index (χ1n) is 11.0. The van der Waals surface area contributed by atoms with Crippen molar-refractivity contribution < 1.29 is 9.47 Å². The summed E-state index contributed by atoms with van der Waals surface area (Å²) in [5, 5.41) is 0. The minimum Gasteiger partial charge on any atom is -0.497 e. The molecule has 33 heavy (non-hydrogen) atoms. The maximum Gasteiger partial charge on any atom is 0.128 e. The van der Waals surface area contributed by atoms with Gasteiger partial charge in [-0.3, -0.25) is 0 Å². The summed E-state index contributed by atoms with van der Waals surface area (Å²) in [6, 6.07) is 33.1. The zero-order chi connectivity index (χ0) is 23.5. The van der Waals surface area contributed by atoms with Gasteiger partial charge >= 0.3 is 0 Å². The van der Waals surface area contributed by atoms with Gasteiger partial charge in [-0.05, 0) is 98.6 Å². The summed E-state index contributed by atoms with van der Waals surface area (Å²) in [7, 11) is 1.68. The Kier molecular flexibility index (Phi) is 10.5. The average Bonchev–Trinajstić information content (AvgIpc) is 2.86. The molecule has 0 aromatic heterocycles. The molecule has 0 aliphatic carbocycles. The third-order valence-electron chi connectivity index (χ3n) is 5.07. The van der Waals surface area contributed by atoms with E-state index in [9.17, 15) is 0 Å². The molecule has 0 saturated heterocycles. The van der Waals surface area contributed by atoms with Crippen LogP contribution in [0.5, 0.6) is 11.5 Å². The second-order valence-corrected chi connectivity index (χ2v) is 9.71. The van der Waals surface area contributed by atoms with Gasteiger partial charge in [0.1, 0.15) is 11.5 Å². The van der Waals surface area contributed by atoms with Gasteiger partial charge in [0.25, 0.3) is 0 Å². The van der Waals surface area contributed by atoms with Crippen molar-refractivity contribution in [3.63, 3.8) is 0 Å². The smallest absolute Gasteiger partial charge is 0.128 e. The van der Waals surface area contributed by atoms with Gasteiger partial charge in [-0.25, -0.2) is 0 Å². The van der Waals surface area contributed by atoms with Gasteiger partial charge < -0.3 is 9.47 Å². The predicted molar refractivity (Wildman–Crippen MR) is 156 cm³/mol. The van der Waals surface area contributed by atoms with E-state index in [1.54, 1.807) is 7.11 Å². The largest absolute Gasteiger partial charge is 0.497 e. The quantitative estimate of drug-likeness (QED) is 0.145. The Balaban J connectivity index is 0.000000189. The van der Waals surface area contributed by atoms with Crippen molar-refractivity contribution >= 4 is 45.2 Å². The fraction of sp³-hybridized carbons (Fsp3) is 0.172. The average molecular weight is 662 g/mol. The molecule has 0 amide bonds. The first kappa shape index (κ1) is 25.6. The van der Waals surface area contributed by atoms with Crippen LogP contribution in [0.15, 0.2) is 97.1 Å². The van der Waals surface area contributed by atoms with Crippen molar-refractivity contribution in [1.82, 2.24) is 0 Å². The summed E-state index contributed by atoms with van der Waals surface area (Å²) in [6.07, 6.45) is 2.25. The van der Waals surface area contributed by atoms with Crippen LogP contribution in [0, 0.1) is 7.14 Å². The number of methoxy groups -OCH3 is 1. The summed E-state index contributed by atoms with van der Waals surface area (Å²) in [5.74, 6) is 1.88. The molecule has 0 radical (unpaired) electrons. The molecular formula is C29H28I2O2. The Bertz CT molecular complexity index is 1130. The second-order valence-electron chi connectivity index (χ2n) is 7.39. The Labute approximate surface area is 224 Å². The van der Waals surface area contributed by atoms with Crippen LogP contribution in [0.1, 0.15) is 19.8 Å². The first-order valence-corrected chi connectivity index (χ1v) is 13.2. The number of hydrogen-bond acceptors (Lipinski definition) is 2. The molecule has 0 bridgehead atoms. The summed E-state index contributed by atoms with van der Waals surface area (Å²) in [4.78, 5) is 0. The summed E-state index contributed by atoms with van der Waals surface area (Å²) >= 11 is 4.72. The van der Waals surface area contributed by atoms with Crippen molar-refractivity contribution in [2.24, 2.45) is 0 Å². The monoisotopic (exact) mass is 662 g/mol. The van der Waals surface area contributed by atoms with Crippen LogP contribution < -0.4 is 9.47 Å². The van der Waals surface area contributed by atoms with E-state index in [2.05, 4.69) is 131 Å². The molecule has 0 saturated carbocycles. The Morgan fingerprint density at radius 1 is 0.667 bits per heavy atom. The van der Waals surface area contributed by atoms with Crippen molar-refractivity contribution in [2.75, 3.05) is 13.7 Å². The van der Waals surface area contributed by atoms with Crippen LogP contribution in [0.2, 0.25) is 0 Å². The minimum atomic E-state index is 0.788. The molecular weight excluding hydrogens is 634 g/mol. The second kappa shape index (κ2) is 13.6. The zero-order valence-electron chi connectivity index (χ0n) is 18.9. The van der Waals surface area contributed by atoms with E-state index in [-0.39, 0.29) is 0 Å². The fourth-order valence-corrected chi connectivity index (χ4v) is 4.79. The van der Waals surface area contributed by atoms with Crippen molar-refractivity contribution in [3.8, 4) is 33.8 Å². The molecule has 0 fully saturated rings. The lowest BCUT2D eigenvalue weighted by molar-refractivity contribution is 0.310. The topological polar surface area (TPSA) is 18.5 Å². The lowest BCUT2D eigenvalue weighted by Gasteiger charge is -2.13. The fourth-order valence-electron chi connectivity index (χ4n) is 3.30. The molecule has 0 aliphatic rings. The number of rotatable bonds is 7. The predicted octanol–water partition coefficient (Wildman–Crippen LogP) is 9.10. The van der Waals surface area contributed by atoms with Gasteiger partial charge in [-0.2, -0.15) is 0 Å². The lowest BCUT2D eigenvalue weighted by Crippen LogP contribution is -1.99. The number of halogens is 2. The van der Waals surface area contributed by atoms with Crippen molar-refractivity contribution in [3.05, 3.63) is 104 Å². The van der Waals surface area contributed by atoms with Gasteiger partial charge in [0.15, 0.2) is 0 Å². The summed E-state index contributed by atoms with van der Waals surface area (Å²) < 4.78 is 13.5. The van der Waals surface area contributed by atoms with Crippen molar-refractivity contribution in [2.45, 2.75) is 19.8 Å². The summed E-state index contributed by atoms with van der Waals surface area (Å²) in [5.41, 5.74) is 4.91. The standard InChI is InChI=1S/C16H17IO.C13H11IO/c1-2-3-12-18-15-11-7-10-14(17)16(15)13-8-5-4-6-9-13;1-15-11-8-6-10(7-9-11)12-4-2-3-5-13(12)14/h4-11H,2-3,12H2,1H3;2-9H,1H3. The van der Waals surface area contributed by atoms with E-state index in [1.807, 2.05) is 18.2 Å². The van der Waals surface area contributed by atoms with Crippen molar-refractivity contribution in [1.29, 1.82) is 0 Å². The van der Waals surface area contributed by atoms with E-state index in [1.165, 1.54) is 29.4 Å². The van der Waals surface area contributed by atoms with Gasteiger partial charge in [0.05, 0.1) is 13.7 Å². The molecule has 170 valence electrons. The maximum absolute atomic E-state index is 5.91. The SMILES string of the molecule is CCCCOc1cccc(I)c1-c1ccccc1.COc1ccc(-c2ccccc2I)cc1. The normalized spacial score (nSPS) is 10.2. The molecule has 0 unspecified atom stereocenters. The zero-order valence-corrected chi connectivity index (χ0v) is 23.2. The van der Waals surface area contributed by atoms with Crippen LogP contribution in [-0.4, -0.2) is 13.7 Å². The highest BCUT2D eigenvalue weighted by molar-refractivity contribution is 14.1. The molecule has 0 N–H and O–H groups in total. The highest BCUT2D eigenvalue weighted by Crippen LogP contribution is 2.34. The molecule has 0 heterocycles. The van der Waals surface area contributed by atoms with Crippen LogP contribution in [0.3, 0.4) is 0 Å². The number of unbranched alkanes of at least 4 members (excludes halogenated alkanes) is 1. The van der Waals surface area contributed by atoms with E-state index in [4.69, 9.17) is 9.47 Å². The number of benzene rings is 4. The van der Waals surface area contributed by atoms with Crippen LogP contribution in [0.4, 0.5) is 0 Å². The minimum absolute atomic E-state index is 0.788. The Morgan fingerprint density at radius 2 is 1.33 bits per heavy atom. The van der Waals surface area contributed by atoms with E-state index < -0.39 is 0 Å². The number of hydrogen-bond donors (Lipinski definition) is 0. The first-order chi connectivity index (χ1) is 16.1. The molecule has 0 aliphatic heterocycles. The van der Waals surface area contributed by atoms with E-state index in [0.717, 1.165) is 30.9 Å². The third-order valence-corrected chi connectivity index (χ3v) is 6.91. The molecule has 0 spiro atoms. The molecule has 4 aromatic rings. The van der Waals surface area contributed by atoms with Gasteiger partial charge in [-0.1, -0.05) is 80.1 Å². The van der Waals surface area contributed by atoms with Crippen LogP contribution >= 0.6 is 45.2 Å². The third kappa shape index (κ3) is 7.47. The molecule has 4 rings (SSSR count). The van der Waals surface area contributed by atoms with Crippen LogP contribution in [0.25, 0.3) is 22.3 Å². The van der Waals surface area contributed by atoms with Gasteiger partial charge in [-0.15, -0.1) is 0 Å². The van der Waals surface area contributed by atoms with Gasteiger partial charge in [0.2, 0.25) is 0 Å².